The zero-order chi connectivity index (χ0) is 14.0. The Morgan fingerprint density at radius 3 is 2.79 bits per heavy atom. The van der Waals surface area contributed by atoms with Gasteiger partial charge in [0.1, 0.15) is 5.82 Å². The van der Waals surface area contributed by atoms with Gasteiger partial charge in [-0.05, 0) is 42.9 Å². The smallest absolute Gasteiger partial charge is 0.264 e. The van der Waals surface area contributed by atoms with Crippen LogP contribution in [0.4, 0.5) is 0 Å². The number of aryl methyl sites for hydroxylation is 1. The maximum absolute atomic E-state index is 11.9. The molecule has 0 saturated carbocycles. The van der Waals surface area contributed by atoms with Gasteiger partial charge in [-0.15, -0.1) is 0 Å². The van der Waals surface area contributed by atoms with Crippen LogP contribution in [0.15, 0.2) is 17.2 Å². The number of nitrogens with one attached hydrogen (secondary N) is 1. The van der Waals surface area contributed by atoms with E-state index in [0.717, 1.165) is 24.1 Å². The van der Waals surface area contributed by atoms with Crippen LogP contribution in [0.25, 0.3) is 11.4 Å². The Morgan fingerprint density at radius 2 is 2.21 bits per heavy atom. The van der Waals surface area contributed by atoms with E-state index in [1.807, 2.05) is 10.9 Å². The minimum absolute atomic E-state index is 0.0775. The molecule has 2 aromatic rings. The van der Waals surface area contributed by atoms with Crippen LogP contribution < -0.4 is 5.56 Å². The van der Waals surface area contributed by atoms with Crippen LogP contribution in [0.3, 0.4) is 0 Å². The third-order valence-corrected chi connectivity index (χ3v) is 3.93. The molecule has 0 bridgehead atoms. The maximum Gasteiger partial charge on any atom is 0.264 e. The molecule has 0 unspecified atom stereocenters. The van der Waals surface area contributed by atoms with E-state index in [1.54, 1.807) is 6.20 Å². The standard InChI is InChI=1S/C13H17IN4O/c1-4-5-10-11(14)13(19)17-12(16-10)9-6-15-18(7-9)8(2)3/h6-8H,4-5H2,1-3H3,(H,16,17,19). The van der Waals surface area contributed by atoms with E-state index >= 15 is 0 Å². The fourth-order valence-electron chi connectivity index (χ4n) is 1.79. The average molecular weight is 372 g/mol. The van der Waals surface area contributed by atoms with E-state index in [2.05, 4.69) is 58.4 Å². The van der Waals surface area contributed by atoms with Gasteiger partial charge in [-0.2, -0.15) is 5.10 Å². The molecule has 0 saturated heterocycles. The number of hydrogen-bond acceptors (Lipinski definition) is 3. The highest BCUT2D eigenvalue weighted by Crippen LogP contribution is 2.17. The van der Waals surface area contributed by atoms with Crippen LogP contribution in [0.1, 0.15) is 38.9 Å². The van der Waals surface area contributed by atoms with Crippen LogP contribution in [-0.2, 0) is 6.42 Å². The summed E-state index contributed by atoms with van der Waals surface area (Å²) in [5, 5.41) is 4.27. The monoisotopic (exact) mass is 372 g/mol. The highest BCUT2D eigenvalue weighted by molar-refractivity contribution is 14.1. The number of nitrogens with zero attached hydrogens (tertiary/aromatic N) is 3. The van der Waals surface area contributed by atoms with Gasteiger partial charge in [-0.25, -0.2) is 4.98 Å². The molecule has 2 rings (SSSR count). The van der Waals surface area contributed by atoms with E-state index in [1.165, 1.54) is 0 Å². The number of halogens is 1. The molecule has 0 fully saturated rings. The summed E-state index contributed by atoms with van der Waals surface area (Å²) in [5.74, 6) is 0.598. The number of aromatic amines is 1. The predicted molar refractivity (Wildman–Crippen MR) is 83.2 cm³/mol. The van der Waals surface area contributed by atoms with Crippen molar-refractivity contribution in [2.45, 2.75) is 39.7 Å². The molecule has 102 valence electrons. The maximum atomic E-state index is 11.9. The Bertz CT molecular complexity index is 630. The molecular weight excluding hydrogens is 355 g/mol. The molecule has 0 amide bonds. The summed E-state index contributed by atoms with van der Waals surface area (Å²) in [7, 11) is 0. The van der Waals surface area contributed by atoms with Crippen LogP contribution in [-0.4, -0.2) is 19.7 Å². The van der Waals surface area contributed by atoms with Crippen LogP contribution in [0, 0.1) is 3.57 Å². The molecule has 0 atom stereocenters. The van der Waals surface area contributed by atoms with Crippen LogP contribution >= 0.6 is 22.6 Å². The van der Waals surface area contributed by atoms with Crippen molar-refractivity contribution in [3.05, 3.63) is 32.0 Å². The first-order valence-corrected chi connectivity index (χ1v) is 7.44. The minimum atomic E-state index is -0.0775. The van der Waals surface area contributed by atoms with E-state index in [0.29, 0.717) is 15.4 Å². The number of hydrogen-bond donors (Lipinski definition) is 1. The largest absolute Gasteiger partial charge is 0.306 e. The summed E-state index contributed by atoms with van der Waals surface area (Å²) in [6, 6.07) is 0.291. The van der Waals surface area contributed by atoms with Crippen LogP contribution in [0.5, 0.6) is 0 Å². The summed E-state index contributed by atoms with van der Waals surface area (Å²) < 4.78 is 2.53. The Balaban J connectivity index is 2.46. The Kier molecular flexibility index (Phi) is 4.38. The lowest BCUT2D eigenvalue weighted by Crippen LogP contribution is -2.16. The molecular formula is C13H17IN4O. The second-order valence-corrected chi connectivity index (χ2v) is 5.81. The van der Waals surface area contributed by atoms with Gasteiger partial charge in [0, 0.05) is 12.2 Å². The fraction of sp³-hybridized carbons (Fsp3) is 0.462. The topological polar surface area (TPSA) is 63.6 Å². The van der Waals surface area contributed by atoms with Gasteiger partial charge in [-0.1, -0.05) is 13.3 Å². The summed E-state index contributed by atoms with van der Waals surface area (Å²) in [6.07, 6.45) is 5.43. The van der Waals surface area contributed by atoms with Crippen molar-refractivity contribution in [3.8, 4) is 11.4 Å². The van der Waals surface area contributed by atoms with Crippen molar-refractivity contribution in [1.29, 1.82) is 0 Å². The quantitative estimate of drug-likeness (QED) is 0.840. The number of H-pyrrole nitrogens is 1. The zero-order valence-corrected chi connectivity index (χ0v) is 13.4. The highest BCUT2D eigenvalue weighted by atomic mass is 127. The Morgan fingerprint density at radius 1 is 1.47 bits per heavy atom. The fourth-order valence-corrected chi connectivity index (χ4v) is 2.31. The van der Waals surface area contributed by atoms with Crippen molar-refractivity contribution in [2.75, 3.05) is 0 Å². The summed E-state index contributed by atoms with van der Waals surface area (Å²) in [6.45, 7) is 6.20. The summed E-state index contributed by atoms with van der Waals surface area (Å²) in [5.41, 5.74) is 1.63. The Labute approximate surface area is 125 Å². The second kappa shape index (κ2) is 5.85. The molecule has 19 heavy (non-hydrogen) atoms. The van der Waals surface area contributed by atoms with Gasteiger partial charge in [0.05, 0.1) is 21.0 Å². The molecule has 1 N–H and O–H groups in total. The van der Waals surface area contributed by atoms with Crippen molar-refractivity contribution < 1.29 is 0 Å². The van der Waals surface area contributed by atoms with Crippen molar-refractivity contribution >= 4 is 22.6 Å². The molecule has 0 aliphatic heterocycles. The molecule has 6 heteroatoms. The van der Waals surface area contributed by atoms with E-state index in [4.69, 9.17) is 0 Å². The van der Waals surface area contributed by atoms with E-state index < -0.39 is 0 Å². The highest BCUT2D eigenvalue weighted by Gasteiger charge is 2.11. The van der Waals surface area contributed by atoms with Crippen molar-refractivity contribution in [2.24, 2.45) is 0 Å². The molecule has 0 aromatic carbocycles. The predicted octanol–water partition coefficient (Wildman–Crippen LogP) is 2.77. The first-order valence-electron chi connectivity index (χ1n) is 6.36. The second-order valence-electron chi connectivity index (χ2n) is 4.73. The van der Waals surface area contributed by atoms with Gasteiger partial charge >= 0.3 is 0 Å². The molecule has 0 radical (unpaired) electrons. The average Bonchev–Trinajstić information content (AvgIpc) is 2.84. The van der Waals surface area contributed by atoms with E-state index in [9.17, 15) is 4.79 Å². The van der Waals surface area contributed by atoms with Crippen LogP contribution in [0.2, 0.25) is 0 Å². The summed E-state index contributed by atoms with van der Waals surface area (Å²) >= 11 is 2.05. The molecule has 2 aromatic heterocycles. The van der Waals surface area contributed by atoms with Gasteiger partial charge in [0.15, 0.2) is 0 Å². The molecule has 0 spiro atoms. The van der Waals surface area contributed by atoms with Crippen molar-refractivity contribution in [1.82, 2.24) is 19.7 Å². The van der Waals surface area contributed by atoms with Gasteiger partial charge < -0.3 is 4.98 Å². The normalized spacial score (nSPS) is 11.2. The lowest BCUT2D eigenvalue weighted by atomic mass is 10.2. The van der Waals surface area contributed by atoms with E-state index in [-0.39, 0.29) is 5.56 Å². The van der Waals surface area contributed by atoms with Crippen molar-refractivity contribution in [3.63, 3.8) is 0 Å². The Hall–Kier alpha value is -1.18. The first-order chi connectivity index (χ1) is 9.02. The molecule has 2 heterocycles. The lowest BCUT2D eigenvalue weighted by Gasteiger charge is -2.05. The van der Waals surface area contributed by atoms with Gasteiger partial charge in [-0.3, -0.25) is 9.48 Å². The molecule has 5 nitrogen and oxygen atoms in total. The molecule has 0 aliphatic carbocycles. The van der Waals surface area contributed by atoms with Gasteiger partial charge in [0.2, 0.25) is 0 Å². The third-order valence-electron chi connectivity index (χ3n) is 2.82. The number of rotatable bonds is 4. The SMILES string of the molecule is CCCc1nc(-c2cnn(C(C)C)c2)[nH]c(=O)c1I. The van der Waals surface area contributed by atoms with Gasteiger partial charge in [0.25, 0.3) is 5.56 Å². The minimum Gasteiger partial charge on any atom is -0.306 e. The summed E-state index contributed by atoms with van der Waals surface area (Å²) in [4.78, 5) is 19.3. The first kappa shape index (κ1) is 14.2. The number of aromatic nitrogens is 4. The third kappa shape index (κ3) is 3.05. The molecule has 0 aliphatic rings. The lowest BCUT2D eigenvalue weighted by molar-refractivity contribution is 0.532. The zero-order valence-electron chi connectivity index (χ0n) is 11.3.